The first-order valence-corrected chi connectivity index (χ1v) is 11.1. The Balaban J connectivity index is 1.66. The van der Waals surface area contributed by atoms with Crippen molar-refractivity contribution < 1.29 is 4.39 Å². The molecule has 140 valence electrons. The summed E-state index contributed by atoms with van der Waals surface area (Å²) in [5.41, 5.74) is 1.76. The number of thioether (sulfide) groups is 1. The van der Waals surface area contributed by atoms with Crippen LogP contribution in [0.1, 0.15) is 43.7 Å². The third kappa shape index (κ3) is 4.27. The number of aromatic nitrogens is 3. The first-order chi connectivity index (χ1) is 13.2. The van der Waals surface area contributed by atoms with Crippen molar-refractivity contribution in [2.75, 3.05) is 0 Å². The van der Waals surface area contributed by atoms with Crippen LogP contribution in [-0.4, -0.2) is 14.8 Å². The molecule has 2 aromatic carbocycles. The molecule has 0 saturated heterocycles. The molecule has 3 nitrogen and oxygen atoms in total. The van der Waals surface area contributed by atoms with Crippen molar-refractivity contribution in [2.45, 2.75) is 49.1 Å². The molecule has 1 aliphatic carbocycles. The van der Waals surface area contributed by atoms with Crippen molar-refractivity contribution in [3.8, 4) is 11.4 Å². The Morgan fingerprint density at radius 2 is 1.74 bits per heavy atom. The van der Waals surface area contributed by atoms with Gasteiger partial charge in [0.05, 0.1) is 5.56 Å². The fraction of sp³-hybridized carbons (Fsp3) is 0.333. The van der Waals surface area contributed by atoms with Crippen molar-refractivity contribution in [1.82, 2.24) is 14.8 Å². The summed E-state index contributed by atoms with van der Waals surface area (Å²) in [7, 11) is 0. The molecular weight excluding hydrogens is 425 g/mol. The van der Waals surface area contributed by atoms with Crippen LogP contribution in [0.2, 0.25) is 0 Å². The molecule has 0 unspecified atom stereocenters. The van der Waals surface area contributed by atoms with Gasteiger partial charge in [-0.3, -0.25) is 4.57 Å². The standard InChI is InChI=1S/C21H21BrFN3S/c22-16-12-10-15(11-13-16)14-27-21-25-24-20(18-8-4-5-9-19(18)23)26(21)17-6-2-1-3-7-17/h4-5,8-13,17H,1-3,6-7,14H2. The van der Waals surface area contributed by atoms with E-state index in [1.54, 1.807) is 23.9 Å². The van der Waals surface area contributed by atoms with Gasteiger partial charge >= 0.3 is 0 Å². The monoisotopic (exact) mass is 445 g/mol. The maximum Gasteiger partial charge on any atom is 0.192 e. The van der Waals surface area contributed by atoms with Crippen LogP contribution in [0.15, 0.2) is 58.2 Å². The van der Waals surface area contributed by atoms with Crippen molar-refractivity contribution in [3.05, 3.63) is 64.4 Å². The van der Waals surface area contributed by atoms with Gasteiger partial charge in [-0.05, 0) is 42.7 Å². The number of hydrogen-bond acceptors (Lipinski definition) is 3. The third-order valence-corrected chi connectivity index (χ3v) is 6.54. The summed E-state index contributed by atoms with van der Waals surface area (Å²) in [5, 5.41) is 9.71. The van der Waals surface area contributed by atoms with Gasteiger partial charge in [-0.1, -0.05) is 71.2 Å². The van der Waals surface area contributed by atoms with E-state index in [0.717, 1.165) is 28.2 Å². The van der Waals surface area contributed by atoms with E-state index in [4.69, 9.17) is 0 Å². The molecule has 0 N–H and O–H groups in total. The van der Waals surface area contributed by atoms with Crippen LogP contribution < -0.4 is 0 Å². The molecule has 6 heteroatoms. The fourth-order valence-corrected chi connectivity index (χ4v) is 4.82. The second-order valence-electron chi connectivity index (χ2n) is 6.86. The number of hydrogen-bond donors (Lipinski definition) is 0. The van der Waals surface area contributed by atoms with E-state index in [2.05, 4.69) is 42.8 Å². The molecule has 1 saturated carbocycles. The highest BCUT2D eigenvalue weighted by Crippen LogP contribution is 2.36. The highest BCUT2D eigenvalue weighted by molar-refractivity contribution is 9.10. The zero-order valence-electron chi connectivity index (χ0n) is 14.9. The number of nitrogens with zero attached hydrogens (tertiary/aromatic N) is 3. The third-order valence-electron chi connectivity index (χ3n) is 5.00. The van der Waals surface area contributed by atoms with E-state index in [1.165, 1.54) is 30.9 Å². The average molecular weight is 446 g/mol. The Morgan fingerprint density at radius 1 is 1.00 bits per heavy atom. The van der Waals surface area contributed by atoms with E-state index in [-0.39, 0.29) is 5.82 Å². The van der Waals surface area contributed by atoms with Gasteiger partial charge in [-0.15, -0.1) is 10.2 Å². The minimum atomic E-state index is -0.244. The molecule has 0 atom stereocenters. The SMILES string of the molecule is Fc1ccccc1-c1nnc(SCc2ccc(Br)cc2)n1C1CCCCC1. The molecule has 1 heterocycles. The molecule has 3 aromatic rings. The first kappa shape index (κ1) is 18.7. The molecule has 0 radical (unpaired) electrons. The van der Waals surface area contributed by atoms with Crippen molar-refractivity contribution >= 4 is 27.7 Å². The minimum Gasteiger partial charge on any atom is -0.299 e. The predicted molar refractivity (Wildman–Crippen MR) is 111 cm³/mol. The van der Waals surface area contributed by atoms with E-state index in [1.807, 2.05) is 18.2 Å². The lowest BCUT2D eigenvalue weighted by Crippen LogP contribution is -2.15. The topological polar surface area (TPSA) is 30.7 Å². The van der Waals surface area contributed by atoms with Gasteiger partial charge in [0.15, 0.2) is 11.0 Å². The number of halogens is 2. The van der Waals surface area contributed by atoms with Crippen molar-refractivity contribution in [3.63, 3.8) is 0 Å². The summed E-state index contributed by atoms with van der Waals surface area (Å²) >= 11 is 5.14. The Bertz CT molecular complexity index is 904. The normalized spacial score (nSPS) is 15.2. The quantitative estimate of drug-likeness (QED) is 0.412. The molecule has 0 bridgehead atoms. The summed E-state index contributed by atoms with van der Waals surface area (Å²) in [6.07, 6.45) is 5.89. The highest BCUT2D eigenvalue weighted by Gasteiger charge is 2.25. The smallest absolute Gasteiger partial charge is 0.192 e. The van der Waals surface area contributed by atoms with Crippen LogP contribution >= 0.6 is 27.7 Å². The lowest BCUT2D eigenvalue weighted by atomic mass is 9.95. The molecule has 4 rings (SSSR count). The minimum absolute atomic E-state index is 0.244. The predicted octanol–water partition coefficient (Wildman–Crippen LogP) is 6.64. The Kier molecular flexibility index (Phi) is 5.93. The van der Waals surface area contributed by atoms with Crippen molar-refractivity contribution in [2.24, 2.45) is 0 Å². The van der Waals surface area contributed by atoms with Crippen molar-refractivity contribution in [1.29, 1.82) is 0 Å². The second-order valence-corrected chi connectivity index (χ2v) is 8.72. The number of benzene rings is 2. The van der Waals surface area contributed by atoms with Crippen LogP contribution in [0, 0.1) is 5.82 Å². The van der Waals surface area contributed by atoms with Crippen LogP contribution in [0.4, 0.5) is 4.39 Å². The van der Waals surface area contributed by atoms with Gasteiger partial charge < -0.3 is 0 Å². The molecule has 1 fully saturated rings. The van der Waals surface area contributed by atoms with Gasteiger partial charge in [-0.2, -0.15) is 0 Å². The van der Waals surface area contributed by atoms with Crippen LogP contribution in [0.3, 0.4) is 0 Å². The molecule has 0 aliphatic heterocycles. The lowest BCUT2D eigenvalue weighted by molar-refractivity contribution is 0.339. The summed E-state index contributed by atoms with van der Waals surface area (Å²) in [6.45, 7) is 0. The Hall–Kier alpha value is -1.66. The fourth-order valence-electron chi connectivity index (χ4n) is 3.60. The summed E-state index contributed by atoms with van der Waals surface area (Å²) in [4.78, 5) is 0. The zero-order chi connectivity index (χ0) is 18.6. The van der Waals surface area contributed by atoms with E-state index >= 15 is 0 Å². The second kappa shape index (κ2) is 8.57. The maximum absolute atomic E-state index is 14.4. The maximum atomic E-state index is 14.4. The van der Waals surface area contributed by atoms with E-state index in [9.17, 15) is 4.39 Å². The van der Waals surface area contributed by atoms with Gasteiger partial charge in [0.1, 0.15) is 5.82 Å². The number of rotatable bonds is 5. The van der Waals surface area contributed by atoms with Gasteiger partial charge in [-0.25, -0.2) is 4.39 Å². The molecule has 1 aromatic heterocycles. The lowest BCUT2D eigenvalue weighted by Gasteiger charge is -2.25. The molecule has 1 aliphatic rings. The largest absolute Gasteiger partial charge is 0.299 e. The van der Waals surface area contributed by atoms with Gasteiger partial charge in [0, 0.05) is 16.3 Å². The van der Waals surface area contributed by atoms with Gasteiger partial charge in [0.2, 0.25) is 0 Å². The van der Waals surface area contributed by atoms with Crippen LogP contribution in [-0.2, 0) is 5.75 Å². The zero-order valence-corrected chi connectivity index (χ0v) is 17.3. The summed E-state index contributed by atoms with van der Waals surface area (Å²) < 4.78 is 17.7. The van der Waals surface area contributed by atoms with E-state index < -0.39 is 0 Å². The summed E-state index contributed by atoms with van der Waals surface area (Å²) in [5.74, 6) is 1.22. The van der Waals surface area contributed by atoms with Crippen LogP contribution in [0.25, 0.3) is 11.4 Å². The summed E-state index contributed by atoms with van der Waals surface area (Å²) in [6, 6.07) is 15.5. The Labute approximate surface area is 171 Å². The Morgan fingerprint density at radius 3 is 2.48 bits per heavy atom. The molecule has 0 spiro atoms. The van der Waals surface area contributed by atoms with E-state index in [0.29, 0.717) is 17.4 Å². The molecule has 0 amide bonds. The molecule has 27 heavy (non-hydrogen) atoms. The van der Waals surface area contributed by atoms with Crippen LogP contribution in [0.5, 0.6) is 0 Å². The highest BCUT2D eigenvalue weighted by atomic mass is 79.9. The first-order valence-electron chi connectivity index (χ1n) is 9.29. The molecular formula is C21H21BrFN3S. The average Bonchev–Trinajstić information content (AvgIpc) is 3.12. The van der Waals surface area contributed by atoms with Gasteiger partial charge in [0.25, 0.3) is 0 Å².